The molecule has 0 saturated carbocycles. The highest BCUT2D eigenvalue weighted by molar-refractivity contribution is 5.71. The summed E-state index contributed by atoms with van der Waals surface area (Å²) in [4.78, 5) is 38.4. The summed E-state index contributed by atoms with van der Waals surface area (Å²) >= 11 is 0. The maximum atomic E-state index is 12.9. The van der Waals surface area contributed by atoms with Crippen molar-refractivity contribution >= 4 is 17.9 Å². The quantitative estimate of drug-likeness (QED) is 0.0261. The standard InChI is InChI=1S/C77H132O6/c1-4-7-10-13-16-19-22-25-27-29-31-33-34-35-36-37-38-39-40-41-42-44-45-47-49-52-55-58-61-64-67-70-76(79)82-73-74(72-81-75(78)69-66-63-60-57-54-51-24-21-18-15-12-9-6-3)83-77(80)71-68-65-62-59-56-53-50-48-46-43-32-30-28-26-23-20-17-14-11-8-5-2/h7-8,10-11,16-17,19-20,25-28,31-33,43,48,50,74H,4-6,9,12-15,18,21-24,29-30,34-42,44-47,49,51-73H2,1-3H3/b10-7-,11-8-,19-16-,20-17-,27-25-,28-26-,33-31-,43-32-,50-48-. The van der Waals surface area contributed by atoms with E-state index >= 15 is 0 Å². The van der Waals surface area contributed by atoms with Crippen LogP contribution in [-0.2, 0) is 28.6 Å². The lowest BCUT2D eigenvalue weighted by atomic mass is 10.0. The molecule has 0 aromatic rings. The molecule has 476 valence electrons. The van der Waals surface area contributed by atoms with Crippen LogP contribution in [0.1, 0.15) is 342 Å². The fraction of sp³-hybridized carbons (Fsp3) is 0.727. The third kappa shape index (κ3) is 68.7. The van der Waals surface area contributed by atoms with Crippen molar-refractivity contribution in [2.24, 2.45) is 0 Å². The first-order valence-corrected chi connectivity index (χ1v) is 35.4. The van der Waals surface area contributed by atoms with Gasteiger partial charge in [-0.1, -0.05) is 329 Å². The van der Waals surface area contributed by atoms with E-state index in [4.69, 9.17) is 14.2 Å². The predicted octanol–water partition coefficient (Wildman–Crippen LogP) is 24.6. The van der Waals surface area contributed by atoms with E-state index in [9.17, 15) is 14.4 Å². The second-order valence-electron chi connectivity index (χ2n) is 23.4. The van der Waals surface area contributed by atoms with Gasteiger partial charge in [0.15, 0.2) is 6.10 Å². The Morgan fingerprint density at radius 3 is 0.735 bits per heavy atom. The van der Waals surface area contributed by atoms with Crippen molar-refractivity contribution in [2.75, 3.05) is 13.2 Å². The predicted molar refractivity (Wildman–Crippen MR) is 362 cm³/mol. The van der Waals surface area contributed by atoms with Crippen LogP contribution in [0, 0.1) is 0 Å². The number of ether oxygens (including phenoxy) is 3. The summed E-state index contributed by atoms with van der Waals surface area (Å²) in [5.74, 6) is -0.885. The van der Waals surface area contributed by atoms with Gasteiger partial charge in [-0.15, -0.1) is 0 Å². The molecule has 0 amide bonds. The van der Waals surface area contributed by atoms with Crippen molar-refractivity contribution in [3.63, 3.8) is 0 Å². The number of hydrogen-bond acceptors (Lipinski definition) is 6. The number of unbranched alkanes of at least 4 members (excludes halogenated alkanes) is 35. The van der Waals surface area contributed by atoms with Gasteiger partial charge in [-0.3, -0.25) is 14.4 Å². The van der Waals surface area contributed by atoms with E-state index in [0.717, 1.165) is 135 Å². The Hall–Kier alpha value is -3.93. The van der Waals surface area contributed by atoms with Crippen molar-refractivity contribution in [2.45, 2.75) is 348 Å². The summed E-state index contributed by atoms with van der Waals surface area (Å²) < 4.78 is 17.0. The third-order valence-electron chi connectivity index (χ3n) is 15.3. The second-order valence-corrected chi connectivity index (χ2v) is 23.4. The van der Waals surface area contributed by atoms with Gasteiger partial charge in [0, 0.05) is 19.3 Å². The lowest BCUT2D eigenvalue weighted by Crippen LogP contribution is -2.30. The molecule has 0 spiro atoms. The molecule has 6 heteroatoms. The molecular weight excluding hydrogens is 1020 g/mol. The zero-order chi connectivity index (χ0) is 59.9. The third-order valence-corrected chi connectivity index (χ3v) is 15.3. The van der Waals surface area contributed by atoms with Crippen LogP contribution in [0.25, 0.3) is 0 Å². The Labute approximate surface area is 514 Å². The largest absolute Gasteiger partial charge is 0.462 e. The van der Waals surface area contributed by atoms with Gasteiger partial charge in [-0.2, -0.15) is 0 Å². The van der Waals surface area contributed by atoms with Gasteiger partial charge >= 0.3 is 17.9 Å². The first-order valence-electron chi connectivity index (χ1n) is 35.4. The Kier molecular flexibility index (Phi) is 67.2. The number of carbonyl (C=O) groups excluding carboxylic acids is 3. The summed E-state index contributed by atoms with van der Waals surface area (Å²) in [6.07, 6.45) is 96.9. The van der Waals surface area contributed by atoms with Crippen LogP contribution in [0.2, 0.25) is 0 Å². The van der Waals surface area contributed by atoms with Crippen LogP contribution in [0.3, 0.4) is 0 Å². The van der Waals surface area contributed by atoms with E-state index in [1.807, 2.05) is 0 Å². The van der Waals surface area contributed by atoms with Crippen molar-refractivity contribution < 1.29 is 28.6 Å². The van der Waals surface area contributed by atoms with Gasteiger partial charge in [0.2, 0.25) is 0 Å². The van der Waals surface area contributed by atoms with Crippen LogP contribution >= 0.6 is 0 Å². The summed E-state index contributed by atoms with van der Waals surface area (Å²) in [5, 5.41) is 0. The molecule has 0 aromatic heterocycles. The van der Waals surface area contributed by atoms with Gasteiger partial charge in [0.05, 0.1) is 0 Å². The lowest BCUT2D eigenvalue weighted by molar-refractivity contribution is -0.167. The van der Waals surface area contributed by atoms with Gasteiger partial charge in [-0.05, 0) is 103 Å². The molecule has 0 aromatic carbocycles. The molecule has 0 fully saturated rings. The van der Waals surface area contributed by atoms with Crippen molar-refractivity contribution in [1.29, 1.82) is 0 Å². The first kappa shape index (κ1) is 79.1. The van der Waals surface area contributed by atoms with E-state index in [2.05, 4.69) is 130 Å². The fourth-order valence-electron chi connectivity index (χ4n) is 10.1. The van der Waals surface area contributed by atoms with E-state index < -0.39 is 6.10 Å². The molecular formula is C77H132O6. The monoisotopic (exact) mass is 1150 g/mol. The Morgan fingerprint density at radius 2 is 0.470 bits per heavy atom. The average Bonchev–Trinajstić information content (AvgIpc) is 3.49. The molecule has 0 aliphatic heterocycles. The number of esters is 3. The van der Waals surface area contributed by atoms with Gasteiger partial charge in [-0.25, -0.2) is 0 Å². The molecule has 0 N–H and O–H groups in total. The molecule has 0 heterocycles. The zero-order valence-electron chi connectivity index (χ0n) is 54.7. The number of carbonyl (C=O) groups is 3. The summed E-state index contributed by atoms with van der Waals surface area (Å²) in [6, 6.07) is 0. The van der Waals surface area contributed by atoms with Crippen molar-refractivity contribution in [3.05, 3.63) is 109 Å². The molecule has 0 rings (SSSR count). The minimum absolute atomic E-state index is 0.0819. The average molecular weight is 1150 g/mol. The normalized spacial score (nSPS) is 12.8. The Balaban J connectivity index is 4.24. The Morgan fingerprint density at radius 1 is 0.253 bits per heavy atom. The van der Waals surface area contributed by atoms with E-state index in [1.165, 1.54) is 167 Å². The SMILES string of the molecule is CC/C=C\C/C=C\C/C=C\C/C=C\C/C=C\CCCCCCCC(=O)OC(COC(=O)CCCCCCCCCCCCCCC)COC(=O)CCCCCCCCCCCCCCCCCCCC/C=C\C/C=C\C/C=C\C/C=C\CC. The molecule has 83 heavy (non-hydrogen) atoms. The molecule has 1 unspecified atom stereocenters. The van der Waals surface area contributed by atoms with E-state index in [-0.39, 0.29) is 31.1 Å². The smallest absolute Gasteiger partial charge is 0.306 e. The van der Waals surface area contributed by atoms with Gasteiger partial charge in [0.25, 0.3) is 0 Å². The van der Waals surface area contributed by atoms with Crippen LogP contribution in [0.15, 0.2) is 109 Å². The van der Waals surface area contributed by atoms with Crippen molar-refractivity contribution in [3.8, 4) is 0 Å². The zero-order valence-corrected chi connectivity index (χ0v) is 54.7. The van der Waals surface area contributed by atoms with E-state index in [1.54, 1.807) is 0 Å². The summed E-state index contributed by atoms with van der Waals surface area (Å²) in [5.41, 5.74) is 0. The maximum Gasteiger partial charge on any atom is 0.306 e. The van der Waals surface area contributed by atoms with Crippen LogP contribution in [0.4, 0.5) is 0 Å². The molecule has 1 atom stereocenters. The van der Waals surface area contributed by atoms with Crippen molar-refractivity contribution in [1.82, 2.24) is 0 Å². The fourth-order valence-corrected chi connectivity index (χ4v) is 10.1. The molecule has 0 bridgehead atoms. The lowest BCUT2D eigenvalue weighted by Gasteiger charge is -2.18. The minimum Gasteiger partial charge on any atom is -0.462 e. The number of rotatable bonds is 64. The molecule has 0 aliphatic carbocycles. The molecule has 0 radical (unpaired) electrons. The highest BCUT2D eigenvalue weighted by atomic mass is 16.6. The summed E-state index contributed by atoms with van der Waals surface area (Å²) in [7, 11) is 0. The minimum atomic E-state index is -0.788. The Bertz CT molecular complexity index is 1660. The maximum absolute atomic E-state index is 12.9. The molecule has 6 nitrogen and oxygen atoms in total. The highest BCUT2D eigenvalue weighted by Crippen LogP contribution is 2.17. The molecule has 0 aliphatic rings. The van der Waals surface area contributed by atoms with Gasteiger partial charge < -0.3 is 14.2 Å². The summed E-state index contributed by atoms with van der Waals surface area (Å²) in [6.45, 7) is 6.44. The first-order chi connectivity index (χ1) is 41.0. The number of allylic oxidation sites excluding steroid dienone is 18. The molecule has 0 saturated heterocycles. The van der Waals surface area contributed by atoms with Crippen LogP contribution in [0.5, 0.6) is 0 Å². The topological polar surface area (TPSA) is 78.9 Å². The van der Waals surface area contributed by atoms with Crippen LogP contribution < -0.4 is 0 Å². The van der Waals surface area contributed by atoms with Gasteiger partial charge in [0.1, 0.15) is 13.2 Å². The highest BCUT2D eigenvalue weighted by Gasteiger charge is 2.19. The van der Waals surface area contributed by atoms with Crippen LogP contribution in [-0.4, -0.2) is 37.2 Å². The van der Waals surface area contributed by atoms with E-state index in [0.29, 0.717) is 19.3 Å². The number of hydrogen-bond donors (Lipinski definition) is 0. The second kappa shape index (κ2) is 70.6.